The van der Waals surface area contributed by atoms with Gasteiger partial charge in [-0.15, -0.1) is 11.6 Å². The summed E-state index contributed by atoms with van der Waals surface area (Å²) in [4.78, 5) is 0. The molecule has 4 heteroatoms. The summed E-state index contributed by atoms with van der Waals surface area (Å²) in [5, 5.41) is 5.01. The molecule has 0 N–H and O–H groups in total. The Balaban J connectivity index is 2.19. The van der Waals surface area contributed by atoms with E-state index >= 15 is 0 Å². The van der Waals surface area contributed by atoms with E-state index in [4.69, 9.17) is 11.6 Å². The molecular formula is C15H24BrClN2. The molecule has 0 bridgehead atoms. The minimum atomic E-state index is 0.327. The van der Waals surface area contributed by atoms with E-state index in [2.05, 4.69) is 46.5 Å². The third kappa shape index (κ3) is 3.36. The molecule has 0 aliphatic heterocycles. The zero-order valence-corrected chi connectivity index (χ0v) is 14.5. The molecule has 1 aliphatic carbocycles. The van der Waals surface area contributed by atoms with Gasteiger partial charge in [-0.1, -0.05) is 13.8 Å². The lowest BCUT2D eigenvalue weighted by Gasteiger charge is -2.31. The minimum absolute atomic E-state index is 0.327. The normalized spacial score (nSPS) is 27.7. The summed E-state index contributed by atoms with van der Waals surface area (Å²) in [6.07, 6.45) is 5.72. The number of aromatic nitrogens is 2. The smallest absolute Gasteiger partial charge is 0.0766 e. The summed E-state index contributed by atoms with van der Waals surface area (Å²) >= 11 is 10.3. The van der Waals surface area contributed by atoms with E-state index in [0.29, 0.717) is 11.3 Å². The van der Waals surface area contributed by atoms with Gasteiger partial charge in [0.2, 0.25) is 0 Å². The Kier molecular flexibility index (Phi) is 5.36. The van der Waals surface area contributed by atoms with E-state index in [0.717, 1.165) is 31.7 Å². The van der Waals surface area contributed by atoms with Gasteiger partial charge in [0, 0.05) is 11.9 Å². The van der Waals surface area contributed by atoms with Crippen LogP contribution >= 0.6 is 27.5 Å². The molecule has 108 valence electrons. The number of hydrogen-bond acceptors (Lipinski definition) is 1. The van der Waals surface area contributed by atoms with Gasteiger partial charge >= 0.3 is 0 Å². The van der Waals surface area contributed by atoms with Crippen LogP contribution in [0, 0.1) is 11.8 Å². The van der Waals surface area contributed by atoms with Gasteiger partial charge in [0.05, 0.1) is 15.9 Å². The zero-order valence-electron chi connectivity index (χ0n) is 12.1. The van der Waals surface area contributed by atoms with E-state index in [9.17, 15) is 0 Å². The van der Waals surface area contributed by atoms with Crippen molar-refractivity contribution in [3.8, 4) is 0 Å². The van der Waals surface area contributed by atoms with Crippen LogP contribution < -0.4 is 0 Å². The predicted molar refractivity (Wildman–Crippen MR) is 84.8 cm³/mol. The summed E-state index contributed by atoms with van der Waals surface area (Å²) in [5.74, 6) is 1.40. The lowest BCUT2D eigenvalue weighted by molar-refractivity contribution is 0.283. The summed E-state index contributed by atoms with van der Waals surface area (Å²) in [7, 11) is 0. The van der Waals surface area contributed by atoms with Gasteiger partial charge in [0.1, 0.15) is 0 Å². The van der Waals surface area contributed by atoms with Crippen LogP contribution in [0.5, 0.6) is 0 Å². The summed E-state index contributed by atoms with van der Waals surface area (Å²) in [5.41, 5.74) is 2.51. The molecule has 19 heavy (non-hydrogen) atoms. The second-order valence-corrected chi connectivity index (χ2v) is 7.13. The third-order valence-electron chi connectivity index (χ3n) is 4.30. The highest BCUT2D eigenvalue weighted by atomic mass is 79.9. The van der Waals surface area contributed by atoms with Gasteiger partial charge in [-0.2, -0.15) is 5.10 Å². The standard InChI is InChI=1S/C15H24BrClN2/c1-4-13-15(16)14(19(5-2)18-13)9-11-8-10(3)6-7-12(11)17/h10-12H,4-9H2,1-3H3. The lowest BCUT2D eigenvalue weighted by Crippen LogP contribution is -2.27. The van der Waals surface area contributed by atoms with Crippen molar-refractivity contribution in [3.05, 3.63) is 15.9 Å². The Morgan fingerprint density at radius 2 is 2.11 bits per heavy atom. The predicted octanol–water partition coefficient (Wildman–Crippen LogP) is 4.81. The van der Waals surface area contributed by atoms with E-state index < -0.39 is 0 Å². The first kappa shape index (κ1) is 15.4. The maximum absolute atomic E-state index is 6.54. The van der Waals surface area contributed by atoms with E-state index in [1.807, 2.05) is 0 Å². The SMILES string of the molecule is CCc1nn(CC)c(CC2CC(C)CCC2Cl)c1Br. The minimum Gasteiger partial charge on any atom is -0.268 e. The van der Waals surface area contributed by atoms with Crippen LogP contribution in [-0.4, -0.2) is 15.2 Å². The molecule has 1 heterocycles. The molecular weight excluding hydrogens is 324 g/mol. The molecule has 0 saturated heterocycles. The quantitative estimate of drug-likeness (QED) is 0.714. The molecule has 3 unspecified atom stereocenters. The van der Waals surface area contributed by atoms with Gasteiger partial charge < -0.3 is 0 Å². The second-order valence-electron chi connectivity index (χ2n) is 5.78. The van der Waals surface area contributed by atoms with E-state index in [-0.39, 0.29) is 0 Å². The summed E-state index contributed by atoms with van der Waals surface area (Å²) < 4.78 is 3.35. The Morgan fingerprint density at radius 3 is 2.74 bits per heavy atom. The van der Waals surface area contributed by atoms with Crippen LogP contribution in [0.4, 0.5) is 0 Å². The average Bonchev–Trinajstić information content (AvgIpc) is 2.70. The molecule has 0 aromatic carbocycles. The molecule has 0 radical (unpaired) electrons. The maximum atomic E-state index is 6.54. The van der Waals surface area contributed by atoms with Crippen LogP contribution in [0.2, 0.25) is 0 Å². The number of nitrogens with zero attached hydrogens (tertiary/aromatic N) is 2. The molecule has 0 spiro atoms. The first-order chi connectivity index (χ1) is 9.06. The van der Waals surface area contributed by atoms with E-state index in [1.165, 1.54) is 28.7 Å². The molecule has 1 aromatic rings. The van der Waals surface area contributed by atoms with Crippen LogP contribution in [-0.2, 0) is 19.4 Å². The van der Waals surface area contributed by atoms with Crippen LogP contribution in [0.25, 0.3) is 0 Å². The van der Waals surface area contributed by atoms with Crippen LogP contribution in [0.15, 0.2) is 4.47 Å². The van der Waals surface area contributed by atoms with E-state index in [1.54, 1.807) is 0 Å². The highest BCUT2D eigenvalue weighted by molar-refractivity contribution is 9.10. The highest BCUT2D eigenvalue weighted by Crippen LogP contribution is 2.36. The molecule has 2 nitrogen and oxygen atoms in total. The second kappa shape index (κ2) is 6.62. The fourth-order valence-corrected chi connectivity index (χ4v) is 4.18. The van der Waals surface area contributed by atoms with Crippen LogP contribution in [0.3, 0.4) is 0 Å². The number of aryl methyl sites for hydroxylation is 2. The first-order valence-corrected chi connectivity index (χ1v) is 8.67. The Morgan fingerprint density at radius 1 is 1.37 bits per heavy atom. The summed E-state index contributed by atoms with van der Waals surface area (Å²) in [6, 6.07) is 0. The van der Waals surface area contributed by atoms with Gasteiger partial charge in [-0.25, -0.2) is 0 Å². The van der Waals surface area contributed by atoms with Crippen LogP contribution in [0.1, 0.15) is 51.4 Å². The third-order valence-corrected chi connectivity index (χ3v) is 5.79. The number of alkyl halides is 1. The van der Waals surface area contributed by atoms with Gasteiger partial charge in [0.15, 0.2) is 0 Å². The zero-order chi connectivity index (χ0) is 14.0. The molecule has 1 aliphatic rings. The van der Waals surface area contributed by atoms with Crippen molar-refractivity contribution >= 4 is 27.5 Å². The Bertz CT molecular complexity index is 430. The van der Waals surface area contributed by atoms with Crippen molar-refractivity contribution in [1.29, 1.82) is 0 Å². The molecule has 0 amide bonds. The Hall–Kier alpha value is -0.0200. The van der Waals surface area contributed by atoms with Gasteiger partial charge in [0.25, 0.3) is 0 Å². The molecule has 2 rings (SSSR count). The number of halogens is 2. The fourth-order valence-electron chi connectivity index (χ4n) is 3.13. The highest BCUT2D eigenvalue weighted by Gasteiger charge is 2.29. The van der Waals surface area contributed by atoms with Crippen molar-refractivity contribution in [3.63, 3.8) is 0 Å². The lowest BCUT2D eigenvalue weighted by atomic mass is 9.80. The number of rotatable bonds is 4. The average molecular weight is 348 g/mol. The fraction of sp³-hybridized carbons (Fsp3) is 0.800. The van der Waals surface area contributed by atoms with Crippen molar-refractivity contribution in [2.75, 3.05) is 0 Å². The number of hydrogen-bond donors (Lipinski definition) is 0. The van der Waals surface area contributed by atoms with Gasteiger partial charge in [-0.05, 0) is 66.8 Å². The van der Waals surface area contributed by atoms with Crippen molar-refractivity contribution in [2.24, 2.45) is 11.8 Å². The van der Waals surface area contributed by atoms with Gasteiger partial charge in [-0.3, -0.25) is 4.68 Å². The molecule has 1 fully saturated rings. The van der Waals surface area contributed by atoms with Crippen molar-refractivity contribution < 1.29 is 0 Å². The Labute approximate surface area is 130 Å². The monoisotopic (exact) mass is 346 g/mol. The molecule has 1 aromatic heterocycles. The van der Waals surface area contributed by atoms with Crippen molar-refractivity contribution in [2.45, 2.75) is 64.8 Å². The molecule has 1 saturated carbocycles. The van der Waals surface area contributed by atoms with Crippen molar-refractivity contribution in [1.82, 2.24) is 9.78 Å². The topological polar surface area (TPSA) is 17.8 Å². The largest absolute Gasteiger partial charge is 0.268 e. The molecule has 3 atom stereocenters. The first-order valence-electron chi connectivity index (χ1n) is 7.44. The summed E-state index contributed by atoms with van der Waals surface area (Å²) in [6.45, 7) is 7.59. The maximum Gasteiger partial charge on any atom is 0.0766 e.